The molecule has 0 aliphatic carbocycles. The third-order valence-corrected chi connectivity index (χ3v) is 8.36. The molecule has 0 unspecified atom stereocenters. The molecule has 2 aliphatic heterocycles. The van der Waals surface area contributed by atoms with E-state index in [1.54, 1.807) is 35.6 Å². The van der Waals surface area contributed by atoms with Gasteiger partial charge in [0.15, 0.2) is 0 Å². The molecule has 2 aromatic rings. The summed E-state index contributed by atoms with van der Waals surface area (Å²) in [5.74, 6) is 0.195. The minimum atomic E-state index is -3.20. The average molecular weight is 435 g/mol. The number of aryl methyl sites for hydroxylation is 1. The number of nitrogens with zero attached hydrogens (tertiary/aromatic N) is 4. The van der Waals surface area contributed by atoms with E-state index in [-0.39, 0.29) is 11.7 Å². The first-order valence-corrected chi connectivity index (χ1v) is 12.5. The van der Waals surface area contributed by atoms with Crippen LogP contribution in [-0.4, -0.2) is 67.6 Å². The van der Waals surface area contributed by atoms with Crippen molar-refractivity contribution in [2.24, 2.45) is 0 Å². The van der Waals surface area contributed by atoms with Gasteiger partial charge >= 0.3 is 0 Å². The summed E-state index contributed by atoms with van der Waals surface area (Å²) in [7, 11) is -3.20. The first kappa shape index (κ1) is 20.3. The highest BCUT2D eigenvalue weighted by atomic mass is 32.2. The fraction of sp³-hybridized carbons (Fsp3) is 0.500. The maximum absolute atomic E-state index is 12.8. The molecule has 2 saturated heterocycles. The van der Waals surface area contributed by atoms with E-state index in [9.17, 15) is 13.2 Å². The summed E-state index contributed by atoms with van der Waals surface area (Å²) in [6, 6.07) is 6.94. The molecule has 4 rings (SSSR count). The van der Waals surface area contributed by atoms with Crippen LogP contribution in [0.3, 0.4) is 0 Å². The van der Waals surface area contributed by atoms with Gasteiger partial charge in [-0.25, -0.2) is 13.4 Å². The molecule has 0 radical (unpaired) electrons. The number of carbonyl (C=O) groups excluding carboxylic acids is 1. The Balaban J connectivity index is 1.33. The number of sulfonamides is 1. The van der Waals surface area contributed by atoms with Crippen molar-refractivity contribution < 1.29 is 13.2 Å². The second-order valence-corrected chi connectivity index (χ2v) is 10.4. The molecule has 156 valence electrons. The summed E-state index contributed by atoms with van der Waals surface area (Å²) in [6.07, 6.45) is 1.61. The standard InChI is InChI=1S/C20H26N4O3S2/c1-2-19-21-17(15-28-19)14-22-9-11-23(12-10-22)20(25)16-4-6-18(7-5-16)24-8-3-13-29(24,26)27/h4-7,15H,2-3,8-14H2,1H3. The highest BCUT2D eigenvalue weighted by Gasteiger charge is 2.29. The fourth-order valence-electron chi connectivity index (χ4n) is 3.80. The third-order valence-electron chi connectivity index (χ3n) is 5.45. The SMILES string of the molecule is CCc1nc(CN2CCN(C(=O)c3ccc(N4CCCS4(=O)=O)cc3)CC2)cs1. The van der Waals surface area contributed by atoms with Crippen molar-refractivity contribution in [2.75, 3.05) is 42.8 Å². The van der Waals surface area contributed by atoms with E-state index in [1.165, 1.54) is 9.31 Å². The number of hydrogen-bond acceptors (Lipinski definition) is 6. The van der Waals surface area contributed by atoms with E-state index in [1.807, 2.05) is 4.90 Å². The van der Waals surface area contributed by atoms with Crippen molar-refractivity contribution >= 4 is 33.0 Å². The van der Waals surface area contributed by atoms with Crippen LogP contribution in [0.5, 0.6) is 0 Å². The molecule has 0 saturated carbocycles. The zero-order valence-electron chi connectivity index (χ0n) is 16.6. The maximum atomic E-state index is 12.8. The number of piperazine rings is 1. The molecule has 1 aromatic carbocycles. The van der Waals surface area contributed by atoms with Gasteiger partial charge in [0.1, 0.15) is 0 Å². The van der Waals surface area contributed by atoms with Gasteiger partial charge < -0.3 is 4.90 Å². The molecule has 29 heavy (non-hydrogen) atoms. The number of aromatic nitrogens is 1. The van der Waals surface area contributed by atoms with Crippen molar-refractivity contribution in [1.29, 1.82) is 0 Å². The molecule has 3 heterocycles. The van der Waals surface area contributed by atoms with E-state index >= 15 is 0 Å². The van der Waals surface area contributed by atoms with Crippen LogP contribution in [0.15, 0.2) is 29.6 Å². The third kappa shape index (κ3) is 4.46. The molecule has 2 aliphatic rings. The summed E-state index contributed by atoms with van der Waals surface area (Å²) < 4.78 is 25.5. The Hall–Kier alpha value is -1.97. The number of anilines is 1. The largest absolute Gasteiger partial charge is 0.336 e. The van der Waals surface area contributed by atoms with E-state index in [2.05, 4.69) is 22.2 Å². The van der Waals surface area contributed by atoms with E-state index in [0.717, 1.165) is 31.7 Å². The molecule has 0 bridgehead atoms. The van der Waals surface area contributed by atoms with Crippen LogP contribution >= 0.6 is 11.3 Å². The molecule has 0 atom stereocenters. The molecular weight excluding hydrogens is 408 g/mol. The van der Waals surface area contributed by atoms with Crippen LogP contribution in [0.4, 0.5) is 5.69 Å². The summed E-state index contributed by atoms with van der Waals surface area (Å²) in [4.78, 5) is 21.7. The fourth-order valence-corrected chi connectivity index (χ4v) is 6.10. The minimum Gasteiger partial charge on any atom is -0.336 e. The molecule has 9 heteroatoms. The summed E-state index contributed by atoms with van der Waals surface area (Å²) in [5.41, 5.74) is 2.35. The quantitative estimate of drug-likeness (QED) is 0.721. The summed E-state index contributed by atoms with van der Waals surface area (Å²) in [5, 5.41) is 3.29. The number of rotatable bonds is 5. The van der Waals surface area contributed by atoms with Crippen LogP contribution < -0.4 is 4.31 Å². The van der Waals surface area contributed by atoms with Crippen molar-refractivity contribution in [3.8, 4) is 0 Å². The van der Waals surface area contributed by atoms with Crippen molar-refractivity contribution in [2.45, 2.75) is 26.3 Å². The van der Waals surface area contributed by atoms with Gasteiger partial charge in [-0.1, -0.05) is 6.92 Å². The van der Waals surface area contributed by atoms with Gasteiger partial charge in [-0.2, -0.15) is 0 Å². The van der Waals surface area contributed by atoms with Crippen LogP contribution in [0, 0.1) is 0 Å². The molecule has 0 spiro atoms. The molecule has 7 nitrogen and oxygen atoms in total. The van der Waals surface area contributed by atoms with Gasteiger partial charge in [0, 0.05) is 50.2 Å². The molecule has 2 fully saturated rings. The second-order valence-electron chi connectivity index (χ2n) is 7.44. The number of hydrogen-bond donors (Lipinski definition) is 0. The lowest BCUT2D eigenvalue weighted by Gasteiger charge is -2.34. The first-order chi connectivity index (χ1) is 14.0. The predicted octanol–water partition coefficient (Wildman–Crippen LogP) is 2.20. The Morgan fingerprint density at radius 2 is 1.83 bits per heavy atom. The monoisotopic (exact) mass is 434 g/mol. The maximum Gasteiger partial charge on any atom is 0.253 e. The van der Waals surface area contributed by atoms with Crippen LogP contribution in [-0.2, 0) is 23.0 Å². The predicted molar refractivity (Wildman–Crippen MR) is 115 cm³/mol. The number of thiazole rings is 1. The number of benzene rings is 1. The van der Waals surface area contributed by atoms with E-state index in [4.69, 9.17) is 0 Å². The van der Waals surface area contributed by atoms with Crippen molar-refractivity contribution in [3.05, 3.63) is 45.9 Å². The topological polar surface area (TPSA) is 73.8 Å². The number of carbonyl (C=O) groups is 1. The highest BCUT2D eigenvalue weighted by molar-refractivity contribution is 7.93. The van der Waals surface area contributed by atoms with Crippen LogP contribution in [0.2, 0.25) is 0 Å². The van der Waals surface area contributed by atoms with E-state index in [0.29, 0.717) is 37.3 Å². The van der Waals surface area contributed by atoms with Crippen LogP contribution in [0.1, 0.15) is 34.4 Å². The molecule has 0 N–H and O–H groups in total. The summed E-state index contributed by atoms with van der Waals surface area (Å²) >= 11 is 1.71. The van der Waals surface area contributed by atoms with Crippen molar-refractivity contribution in [1.82, 2.24) is 14.8 Å². The normalized spacial score (nSPS) is 19.6. The zero-order valence-corrected chi connectivity index (χ0v) is 18.2. The van der Waals surface area contributed by atoms with Gasteiger partial charge in [0.2, 0.25) is 10.0 Å². The second kappa shape index (κ2) is 8.41. The molecule has 1 amide bonds. The lowest BCUT2D eigenvalue weighted by molar-refractivity contribution is 0.0627. The van der Waals surface area contributed by atoms with Gasteiger partial charge in [0.05, 0.1) is 22.1 Å². The average Bonchev–Trinajstić information content (AvgIpc) is 3.33. The lowest BCUT2D eigenvalue weighted by atomic mass is 10.1. The van der Waals surface area contributed by atoms with Crippen LogP contribution in [0.25, 0.3) is 0 Å². The Bertz CT molecular complexity index is 964. The Morgan fingerprint density at radius 3 is 2.41 bits per heavy atom. The minimum absolute atomic E-state index is 0.00223. The zero-order chi connectivity index (χ0) is 20.4. The molecular formula is C20H26N4O3S2. The van der Waals surface area contributed by atoms with Gasteiger partial charge in [0.25, 0.3) is 5.91 Å². The Kier molecular flexibility index (Phi) is 5.89. The van der Waals surface area contributed by atoms with Gasteiger partial charge in [-0.3, -0.25) is 14.0 Å². The van der Waals surface area contributed by atoms with Crippen molar-refractivity contribution in [3.63, 3.8) is 0 Å². The summed E-state index contributed by atoms with van der Waals surface area (Å²) in [6.45, 7) is 6.48. The van der Waals surface area contributed by atoms with Gasteiger partial charge in [-0.15, -0.1) is 11.3 Å². The smallest absolute Gasteiger partial charge is 0.253 e. The first-order valence-electron chi connectivity index (χ1n) is 10.0. The van der Waals surface area contributed by atoms with E-state index < -0.39 is 10.0 Å². The molecule has 1 aromatic heterocycles. The highest BCUT2D eigenvalue weighted by Crippen LogP contribution is 2.24. The Morgan fingerprint density at radius 1 is 1.10 bits per heavy atom. The Labute approximate surface area is 176 Å². The lowest BCUT2D eigenvalue weighted by Crippen LogP contribution is -2.48. The van der Waals surface area contributed by atoms with Gasteiger partial charge in [-0.05, 0) is 37.1 Å². The number of amides is 1.